The van der Waals surface area contributed by atoms with Crippen molar-refractivity contribution in [1.29, 1.82) is 0 Å². The number of allylic oxidation sites excluding steroid dienone is 1. The first-order valence-corrected chi connectivity index (χ1v) is 2.65. The fourth-order valence-electron chi connectivity index (χ4n) is 0.706. The van der Waals surface area contributed by atoms with Gasteiger partial charge in [0.15, 0.2) is 0 Å². The fourth-order valence-corrected chi connectivity index (χ4v) is 0.706. The van der Waals surface area contributed by atoms with Crippen LogP contribution in [-0.4, -0.2) is 13.2 Å². The SMILES string of the molecule is C/C=C1/CCOC1. The summed E-state index contributed by atoms with van der Waals surface area (Å²) in [5.74, 6) is 0. The average molecular weight is 98.1 g/mol. The highest BCUT2D eigenvalue weighted by atomic mass is 16.5. The third kappa shape index (κ3) is 1.03. The Labute approximate surface area is 44.0 Å². The van der Waals surface area contributed by atoms with Crippen molar-refractivity contribution in [2.45, 2.75) is 13.3 Å². The highest BCUT2D eigenvalue weighted by molar-refractivity contribution is 5.03. The van der Waals surface area contributed by atoms with Gasteiger partial charge in [0.25, 0.3) is 0 Å². The van der Waals surface area contributed by atoms with E-state index in [0.29, 0.717) is 0 Å². The van der Waals surface area contributed by atoms with Crippen LogP contribution in [-0.2, 0) is 4.74 Å². The van der Waals surface area contributed by atoms with Gasteiger partial charge < -0.3 is 4.74 Å². The van der Waals surface area contributed by atoms with E-state index in [9.17, 15) is 0 Å². The van der Waals surface area contributed by atoms with E-state index < -0.39 is 0 Å². The summed E-state index contributed by atoms with van der Waals surface area (Å²) in [6, 6.07) is 0. The Balaban J connectivity index is 2.41. The van der Waals surface area contributed by atoms with E-state index in [1.165, 1.54) is 5.57 Å². The van der Waals surface area contributed by atoms with E-state index in [-0.39, 0.29) is 0 Å². The molecule has 7 heavy (non-hydrogen) atoms. The zero-order valence-corrected chi connectivity index (χ0v) is 4.61. The van der Waals surface area contributed by atoms with Gasteiger partial charge in [0.1, 0.15) is 0 Å². The van der Waals surface area contributed by atoms with Crippen LogP contribution < -0.4 is 0 Å². The molecule has 0 saturated carbocycles. The molecule has 40 valence electrons. The third-order valence-electron chi connectivity index (χ3n) is 1.26. The second-order valence-electron chi connectivity index (χ2n) is 1.75. The molecule has 0 aromatic heterocycles. The van der Waals surface area contributed by atoms with Gasteiger partial charge in [-0.2, -0.15) is 0 Å². The Morgan fingerprint density at radius 2 is 2.57 bits per heavy atom. The van der Waals surface area contributed by atoms with Crippen LogP contribution in [0.3, 0.4) is 0 Å². The van der Waals surface area contributed by atoms with Crippen molar-refractivity contribution in [3.63, 3.8) is 0 Å². The predicted molar refractivity (Wildman–Crippen MR) is 29.2 cm³/mol. The molecule has 0 bridgehead atoms. The van der Waals surface area contributed by atoms with Gasteiger partial charge in [-0.1, -0.05) is 6.08 Å². The molecule has 1 heterocycles. The number of hydrogen-bond donors (Lipinski definition) is 0. The topological polar surface area (TPSA) is 9.23 Å². The molecule has 1 rings (SSSR count). The van der Waals surface area contributed by atoms with E-state index >= 15 is 0 Å². The molecule has 0 aromatic rings. The molecule has 0 unspecified atom stereocenters. The van der Waals surface area contributed by atoms with Gasteiger partial charge in [-0.15, -0.1) is 0 Å². The number of rotatable bonds is 0. The maximum Gasteiger partial charge on any atom is 0.0677 e. The van der Waals surface area contributed by atoms with Crippen LogP contribution in [0.5, 0.6) is 0 Å². The predicted octanol–water partition coefficient (Wildman–Crippen LogP) is 1.35. The molecule has 1 aliphatic heterocycles. The zero-order valence-electron chi connectivity index (χ0n) is 4.61. The fraction of sp³-hybridized carbons (Fsp3) is 0.667. The summed E-state index contributed by atoms with van der Waals surface area (Å²) in [7, 11) is 0. The van der Waals surface area contributed by atoms with Crippen molar-refractivity contribution >= 4 is 0 Å². The summed E-state index contributed by atoms with van der Waals surface area (Å²) < 4.78 is 5.08. The first-order valence-electron chi connectivity index (χ1n) is 2.65. The summed E-state index contributed by atoms with van der Waals surface area (Å²) in [5.41, 5.74) is 1.44. The average Bonchev–Trinajstić information content (AvgIpc) is 2.14. The first-order chi connectivity index (χ1) is 3.43. The van der Waals surface area contributed by atoms with Crippen LogP contribution in [0.2, 0.25) is 0 Å². The minimum absolute atomic E-state index is 0.872. The molecule has 1 aliphatic rings. The van der Waals surface area contributed by atoms with Crippen LogP contribution in [0.4, 0.5) is 0 Å². The van der Waals surface area contributed by atoms with Gasteiger partial charge in [-0.05, 0) is 18.9 Å². The maximum atomic E-state index is 5.08. The Bertz CT molecular complexity index is 76.2. The Morgan fingerprint density at radius 3 is 2.86 bits per heavy atom. The summed E-state index contributed by atoms with van der Waals surface area (Å²) in [4.78, 5) is 0. The molecule has 0 atom stereocenters. The highest BCUT2D eigenvalue weighted by Gasteiger charge is 2.02. The van der Waals surface area contributed by atoms with Crippen molar-refractivity contribution in [3.05, 3.63) is 11.6 Å². The second-order valence-corrected chi connectivity index (χ2v) is 1.75. The Morgan fingerprint density at radius 1 is 1.71 bits per heavy atom. The standard InChI is InChI=1S/C6H10O/c1-2-6-3-4-7-5-6/h2H,3-5H2,1H3/b6-2-. The molecule has 0 spiro atoms. The molecule has 1 saturated heterocycles. The summed E-state index contributed by atoms with van der Waals surface area (Å²) in [6.07, 6.45) is 3.28. The van der Waals surface area contributed by atoms with Gasteiger partial charge in [0.2, 0.25) is 0 Å². The molecule has 1 heteroatoms. The molecular formula is C6H10O. The van der Waals surface area contributed by atoms with Gasteiger partial charge in [0, 0.05) is 0 Å². The van der Waals surface area contributed by atoms with Crippen LogP contribution in [0, 0.1) is 0 Å². The number of ether oxygens (including phenoxy) is 1. The van der Waals surface area contributed by atoms with Crippen molar-refractivity contribution < 1.29 is 4.74 Å². The normalized spacial score (nSPS) is 26.7. The Hall–Kier alpha value is -0.300. The lowest BCUT2D eigenvalue weighted by molar-refractivity contribution is 0.204. The maximum absolute atomic E-state index is 5.08. The number of hydrogen-bond acceptors (Lipinski definition) is 1. The van der Waals surface area contributed by atoms with Crippen LogP contribution >= 0.6 is 0 Å². The molecule has 0 aromatic carbocycles. The van der Waals surface area contributed by atoms with Crippen LogP contribution in [0.1, 0.15) is 13.3 Å². The lowest BCUT2D eigenvalue weighted by Crippen LogP contribution is -1.78. The van der Waals surface area contributed by atoms with Crippen molar-refractivity contribution in [2.24, 2.45) is 0 Å². The third-order valence-corrected chi connectivity index (χ3v) is 1.26. The molecule has 0 aliphatic carbocycles. The lowest BCUT2D eigenvalue weighted by Gasteiger charge is -1.83. The monoisotopic (exact) mass is 98.1 g/mol. The summed E-state index contributed by atoms with van der Waals surface area (Å²) in [6.45, 7) is 3.86. The molecule has 0 amide bonds. The molecule has 0 N–H and O–H groups in total. The smallest absolute Gasteiger partial charge is 0.0677 e. The van der Waals surface area contributed by atoms with Crippen molar-refractivity contribution in [1.82, 2.24) is 0 Å². The quantitative estimate of drug-likeness (QED) is 0.415. The van der Waals surface area contributed by atoms with Gasteiger partial charge in [-0.25, -0.2) is 0 Å². The lowest BCUT2D eigenvalue weighted by atomic mass is 10.2. The van der Waals surface area contributed by atoms with Gasteiger partial charge >= 0.3 is 0 Å². The van der Waals surface area contributed by atoms with Gasteiger partial charge in [0.05, 0.1) is 13.2 Å². The summed E-state index contributed by atoms with van der Waals surface area (Å²) in [5, 5.41) is 0. The van der Waals surface area contributed by atoms with Crippen LogP contribution in [0.25, 0.3) is 0 Å². The molecule has 0 radical (unpaired) electrons. The molecular weight excluding hydrogens is 88.1 g/mol. The van der Waals surface area contributed by atoms with E-state index in [1.54, 1.807) is 0 Å². The minimum atomic E-state index is 0.872. The van der Waals surface area contributed by atoms with E-state index in [2.05, 4.69) is 13.0 Å². The van der Waals surface area contributed by atoms with Crippen molar-refractivity contribution in [3.8, 4) is 0 Å². The van der Waals surface area contributed by atoms with Crippen LogP contribution in [0.15, 0.2) is 11.6 Å². The zero-order chi connectivity index (χ0) is 5.11. The van der Waals surface area contributed by atoms with Gasteiger partial charge in [-0.3, -0.25) is 0 Å². The highest BCUT2D eigenvalue weighted by Crippen LogP contribution is 2.08. The second kappa shape index (κ2) is 2.12. The first kappa shape index (κ1) is 4.85. The van der Waals surface area contributed by atoms with E-state index in [1.807, 2.05) is 0 Å². The molecule has 1 fully saturated rings. The minimum Gasteiger partial charge on any atom is -0.377 e. The largest absolute Gasteiger partial charge is 0.377 e. The summed E-state index contributed by atoms with van der Waals surface area (Å²) >= 11 is 0. The van der Waals surface area contributed by atoms with E-state index in [4.69, 9.17) is 4.74 Å². The van der Waals surface area contributed by atoms with E-state index in [0.717, 1.165) is 19.6 Å². The Kier molecular flexibility index (Phi) is 1.47. The van der Waals surface area contributed by atoms with Crippen molar-refractivity contribution in [2.75, 3.05) is 13.2 Å². The molecule has 1 nitrogen and oxygen atoms in total.